The van der Waals surface area contributed by atoms with E-state index in [1.54, 1.807) is 12.5 Å². The molecule has 3 heteroatoms. The lowest BCUT2D eigenvalue weighted by Crippen LogP contribution is -2.25. The Balaban J connectivity index is 1.47. The van der Waals surface area contributed by atoms with Gasteiger partial charge < -0.3 is 5.32 Å². The summed E-state index contributed by atoms with van der Waals surface area (Å²) in [7, 11) is 0. The van der Waals surface area contributed by atoms with Gasteiger partial charge in [-0.25, -0.2) is 9.97 Å². The summed E-state index contributed by atoms with van der Waals surface area (Å²) in [5, 5.41) is 3.54. The minimum Gasteiger partial charge on any atom is -0.311 e. The number of aromatic nitrogens is 2. The van der Waals surface area contributed by atoms with Crippen molar-refractivity contribution in [2.24, 2.45) is 11.3 Å². The molecule has 2 fully saturated rings. The molecule has 2 aliphatic carbocycles. The summed E-state index contributed by atoms with van der Waals surface area (Å²) in [6.07, 6.45) is 9.23. The second kappa shape index (κ2) is 3.56. The van der Waals surface area contributed by atoms with Crippen LogP contribution >= 0.6 is 0 Å². The molecule has 0 saturated heterocycles. The maximum atomic E-state index is 4.21. The first-order valence-electron chi connectivity index (χ1n) is 5.85. The van der Waals surface area contributed by atoms with Crippen molar-refractivity contribution in [1.29, 1.82) is 0 Å². The van der Waals surface area contributed by atoms with Crippen molar-refractivity contribution >= 4 is 0 Å². The second-order valence-electron chi connectivity index (χ2n) is 4.94. The molecule has 0 unspecified atom stereocenters. The van der Waals surface area contributed by atoms with E-state index in [1.165, 1.54) is 32.2 Å². The molecule has 0 atom stereocenters. The third-order valence-corrected chi connectivity index (χ3v) is 3.76. The fraction of sp³-hybridized carbons (Fsp3) is 0.667. The van der Waals surface area contributed by atoms with Gasteiger partial charge in [-0.15, -0.1) is 0 Å². The molecule has 0 amide bonds. The first-order valence-corrected chi connectivity index (χ1v) is 5.85. The molecular formula is C12H17N3. The monoisotopic (exact) mass is 203 g/mol. The summed E-state index contributed by atoms with van der Waals surface area (Å²) in [5.41, 5.74) is 1.78. The molecule has 2 saturated carbocycles. The Labute approximate surface area is 90.3 Å². The van der Waals surface area contributed by atoms with Crippen LogP contribution in [0.25, 0.3) is 0 Å². The highest BCUT2D eigenvalue weighted by molar-refractivity contribution is 5.05. The smallest absolute Gasteiger partial charge is 0.115 e. The van der Waals surface area contributed by atoms with Crippen LogP contribution < -0.4 is 5.32 Å². The number of nitrogens with zero attached hydrogens (tertiary/aromatic N) is 2. The predicted molar refractivity (Wildman–Crippen MR) is 58.1 cm³/mol. The van der Waals surface area contributed by atoms with E-state index in [0.717, 1.165) is 18.2 Å². The average Bonchev–Trinajstić information content (AvgIpc) is 3.14. The second-order valence-corrected chi connectivity index (χ2v) is 4.94. The van der Waals surface area contributed by atoms with Crippen LogP contribution in [0.1, 0.15) is 31.4 Å². The fourth-order valence-corrected chi connectivity index (χ4v) is 2.45. The van der Waals surface area contributed by atoms with E-state index in [2.05, 4.69) is 15.3 Å². The van der Waals surface area contributed by atoms with Gasteiger partial charge in [0.25, 0.3) is 0 Å². The predicted octanol–water partition coefficient (Wildman–Crippen LogP) is 1.76. The van der Waals surface area contributed by atoms with E-state index in [-0.39, 0.29) is 0 Å². The van der Waals surface area contributed by atoms with Crippen LogP contribution in [0.4, 0.5) is 0 Å². The van der Waals surface area contributed by atoms with Gasteiger partial charge in [-0.2, -0.15) is 0 Å². The van der Waals surface area contributed by atoms with E-state index in [0.29, 0.717) is 5.41 Å². The first kappa shape index (κ1) is 9.28. The topological polar surface area (TPSA) is 37.8 Å². The molecule has 15 heavy (non-hydrogen) atoms. The van der Waals surface area contributed by atoms with E-state index in [1.807, 2.05) is 6.07 Å². The van der Waals surface area contributed by atoms with Gasteiger partial charge in [0.2, 0.25) is 0 Å². The van der Waals surface area contributed by atoms with Crippen molar-refractivity contribution in [2.75, 3.05) is 6.54 Å². The lowest BCUT2D eigenvalue weighted by Gasteiger charge is -2.14. The summed E-state index contributed by atoms with van der Waals surface area (Å²) in [5.74, 6) is 1.04. The SMILES string of the molecule is c1cc(CNCC2(C3CC3)CC2)ncn1. The van der Waals surface area contributed by atoms with Crippen molar-refractivity contribution < 1.29 is 0 Å². The minimum atomic E-state index is 0.688. The summed E-state index contributed by atoms with van der Waals surface area (Å²) < 4.78 is 0. The number of hydrogen-bond acceptors (Lipinski definition) is 3. The Bertz CT molecular complexity index is 328. The van der Waals surface area contributed by atoms with Crippen molar-refractivity contribution in [3.05, 3.63) is 24.3 Å². The Morgan fingerprint density at radius 2 is 2.27 bits per heavy atom. The van der Waals surface area contributed by atoms with Crippen molar-refractivity contribution in [3.8, 4) is 0 Å². The highest BCUT2D eigenvalue weighted by Gasteiger charge is 2.53. The number of rotatable bonds is 5. The standard InChI is InChI=1S/C12H17N3/c1-2-10(1)12(4-5-12)8-14-7-11-3-6-13-9-15-11/h3,6,9-10,14H,1-2,4-5,7-8H2. The average molecular weight is 203 g/mol. The van der Waals surface area contributed by atoms with Gasteiger partial charge in [-0.1, -0.05) is 0 Å². The zero-order valence-electron chi connectivity index (χ0n) is 8.95. The fourth-order valence-electron chi connectivity index (χ4n) is 2.45. The quantitative estimate of drug-likeness (QED) is 0.792. The normalized spacial score (nSPS) is 22.7. The van der Waals surface area contributed by atoms with Gasteiger partial charge in [0, 0.05) is 19.3 Å². The van der Waals surface area contributed by atoms with E-state index < -0.39 is 0 Å². The van der Waals surface area contributed by atoms with Gasteiger partial charge in [-0.05, 0) is 43.1 Å². The summed E-state index contributed by atoms with van der Waals surface area (Å²) in [6.45, 7) is 2.07. The van der Waals surface area contributed by atoms with E-state index >= 15 is 0 Å². The van der Waals surface area contributed by atoms with Gasteiger partial charge in [0.05, 0.1) is 5.69 Å². The molecule has 0 bridgehead atoms. The van der Waals surface area contributed by atoms with Crippen LogP contribution in [0.3, 0.4) is 0 Å². The third kappa shape index (κ3) is 2.02. The number of hydrogen-bond donors (Lipinski definition) is 1. The van der Waals surface area contributed by atoms with Crippen LogP contribution in [-0.4, -0.2) is 16.5 Å². The number of nitrogens with one attached hydrogen (secondary N) is 1. The Kier molecular flexibility index (Phi) is 2.20. The Morgan fingerprint density at radius 3 is 2.87 bits per heavy atom. The van der Waals surface area contributed by atoms with Crippen molar-refractivity contribution in [1.82, 2.24) is 15.3 Å². The first-order chi connectivity index (χ1) is 7.39. The molecule has 1 aromatic heterocycles. The van der Waals surface area contributed by atoms with E-state index in [4.69, 9.17) is 0 Å². The largest absolute Gasteiger partial charge is 0.311 e. The summed E-state index contributed by atoms with van der Waals surface area (Å²) in [4.78, 5) is 8.12. The lowest BCUT2D eigenvalue weighted by atomic mass is 10.0. The summed E-state index contributed by atoms with van der Waals surface area (Å²) in [6, 6.07) is 1.98. The van der Waals surface area contributed by atoms with Gasteiger partial charge in [-0.3, -0.25) is 0 Å². The van der Waals surface area contributed by atoms with Crippen molar-refractivity contribution in [3.63, 3.8) is 0 Å². The third-order valence-electron chi connectivity index (χ3n) is 3.76. The van der Waals surface area contributed by atoms with Crippen LogP contribution in [0.2, 0.25) is 0 Å². The molecule has 3 rings (SSSR count). The Morgan fingerprint density at radius 1 is 1.40 bits per heavy atom. The molecular weight excluding hydrogens is 186 g/mol. The highest BCUT2D eigenvalue weighted by atomic mass is 14.9. The molecule has 2 aliphatic rings. The molecule has 1 N–H and O–H groups in total. The molecule has 1 aromatic rings. The highest BCUT2D eigenvalue weighted by Crippen LogP contribution is 2.60. The van der Waals surface area contributed by atoms with Crippen molar-refractivity contribution in [2.45, 2.75) is 32.2 Å². The molecule has 0 aromatic carbocycles. The van der Waals surface area contributed by atoms with Crippen LogP contribution in [0, 0.1) is 11.3 Å². The minimum absolute atomic E-state index is 0.688. The van der Waals surface area contributed by atoms with Gasteiger partial charge >= 0.3 is 0 Å². The van der Waals surface area contributed by atoms with Crippen LogP contribution in [0.5, 0.6) is 0 Å². The molecule has 1 heterocycles. The molecule has 80 valence electrons. The molecule has 3 nitrogen and oxygen atoms in total. The van der Waals surface area contributed by atoms with Gasteiger partial charge in [0.1, 0.15) is 6.33 Å². The maximum absolute atomic E-state index is 4.21. The van der Waals surface area contributed by atoms with Crippen LogP contribution in [-0.2, 0) is 6.54 Å². The van der Waals surface area contributed by atoms with Gasteiger partial charge in [0.15, 0.2) is 0 Å². The maximum Gasteiger partial charge on any atom is 0.115 e. The molecule has 0 spiro atoms. The molecule has 0 radical (unpaired) electrons. The molecule has 0 aliphatic heterocycles. The lowest BCUT2D eigenvalue weighted by molar-refractivity contribution is 0.402. The van der Waals surface area contributed by atoms with Crippen LogP contribution in [0.15, 0.2) is 18.6 Å². The zero-order chi connectivity index (χ0) is 10.1. The zero-order valence-corrected chi connectivity index (χ0v) is 8.95. The Hall–Kier alpha value is -0.960. The van der Waals surface area contributed by atoms with E-state index in [9.17, 15) is 0 Å². The summed E-state index contributed by atoms with van der Waals surface area (Å²) >= 11 is 0.